The summed E-state index contributed by atoms with van der Waals surface area (Å²) in [4.78, 5) is 0. The minimum Gasteiger partial charge on any atom is -0.345 e. The van der Waals surface area contributed by atoms with E-state index in [1.807, 2.05) is 38.1 Å². The standard InChI is InChI=1S/C12H11N3S/c1-8-5-3-4-6-11(8)14-12-10(7-13)9(2)15-16-12/h3-6,14H,1-2H3. The largest absolute Gasteiger partial charge is 0.345 e. The molecule has 4 heteroatoms. The molecular formula is C12H11N3S. The van der Waals surface area contributed by atoms with Crippen LogP contribution in [0.5, 0.6) is 0 Å². The fourth-order valence-corrected chi connectivity index (χ4v) is 2.18. The highest BCUT2D eigenvalue weighted by atomic mass is 32.1. The van der Waals surface area contributed by atoms with Crippen molar-refractivity contribution in [2.75, 3.05) is 5.32 Å². The zero-order valence-electron chi connectivity index (χ0n) is 9.11. The van der Waals surface area contributed by atoms with Crippen LogP contribution in [-0.4, -0.2) is 4.37 Å². The van der Waals surface area contributed by atoms with E-state index in [4.69, 9.17) is 5.26 Å². The number of hydrogen-bond acceptors (Lipinski definition) is 4. The van der Waals surface area contributed by atoms with Crippen LogP contribution in [0.2, 0.25) is 0 Å². The number of benzene rings is 1. The van der Waals surface area contributed by atoms with E-state index >= 15 is 0 Å². The highest BCUT2D eigenvalue weighted by Gasteiger charge is 2.10. The van der Waals surface area contributed by atoms with Crippen LogP contribution in [-0.2, 0) is 0 Å². The Kier molecular flexibility index (Phi) is 2.88. The first-order valence-electron chi connectivity index (χ1n) is 4.91. The molecule has 80 valence electrons. The van der Waals surface area contributed by atoms with Gasteiger partial charge in [-0.3, -0.25) is 0 Å². The van der Waals surface area contributed by atoms with Crippen molar-refractivity contribution >= 4 is 22.2 Å². The lowest BCUT2D eigenvalue weighted by Gasteiger charge is -2.06. The van der Waals surface area contributed by atoms with Crippen LogP contribution in [0.1, 0.15) is 16.8 Å². The van der Waals surface area contributed by atoms with Crippen molar-refractivity contribution < 1.29 is 0 Å². The molecule has 1 heterocycles. The monoisotopic (exact) mass is 229 g/mol. The van der Waals surface area contributed by atoms with Gasteiger partial charge in [-0.1, -0.05) is 18.2 Å². The number of nitriles is 1. The Morgan fingerprint density at radius 2 is 2.06 bits per heavy atom. The van der Waals surface area contributed by atoms with Crippen LogP contribution < -0.4 is 5.32 Å². The average molecular weight is 229 g/mol. The lowest BCUT2D eigenvalue weighted by molar-refractivity contribution is 1.31. The molecule has 2 aromatic rings. The summed E-state index contributed by atoms with van der Waals surface area (Å²) in [7, 11) is 0. The summed E-state index contributed by atoms with van der Waals surface area (Å²) < 4.78 is 4.17. The number of hydrogen-bond donors (Lipinski definition) is 1. The number of para-hydroxylation sites is 1. The molecule has 1 N–H and O–H groups in total. The van der Waals surface area contributed by atoms with E-state index in [9.17, 15) is 0 Å². The molecule has 0 atom stereocenters. The second kappa shape index (κ2) is 4.33. The summed E-state index contributed by atoms with van der Waals surface area (Å²) in [5.41, 5.74) is 3.58. The molecule has 0 amide bonds. The van der Waals surface area contributed by atoms with Gasteiger partial charge in [0, 0.05) is 5.69 Å². The molecule has 0 saturated heterocycles. The topological polar surface area (TPSA) is 48.7 Å². The average Bonchev–Trinajstić information content (AvgIpc) is 2.63. The van der Waals surface area contributed by atoms with Crippen LogP contribution >= 0.6 is 11.5 Å². The molecular weight excluding hydrogens is 218 g/mol. The van der Waals surface area contributed by atoms with Gasteiger partial charge in [-0.15, -0.1) is 0 Å². The Hall–Kier alpha value is -1.86. The van der Waals surface area contributed by atoms with Crippen molar-refractivity contribution in [3.63, 3.8) is 0 Å². The fraction of sp³-hybridized carbons (Fsp3) is 0.167. The molecule has 2 rings (SSSR count). The maximum absolute atomic E-state index is 9.01. The van der Waals surface area contributed by atoms with Gasteiger partial charge >= 0.3 is 0 Å². The van der Waals surface area contributed by atoms with Crippen molar-refractivity contribution in [3.8, 4) is 6.07 Å². The smallest absolute Gasteiger partial charge is 0.132 e. The van der Waals surface area contributed by atoms with Gasteiger partial charge in [-0.05, 0) is 37.0 Å². The molecule has 0 bridgehead atoms. The summed E-state index contributed by atoms with van der Waals surface area (Å²) in [5.74, 6) is 0. The van der Waals surface area contributed by atoms with Gasteiger partial charge in [0.1, 0.15) is 16.6 Å². The molecule has 0 unspecified atom stereocenters. The van der Waals surface area contributed by atoms with Crippen LogP contribution in [0.25, 0.3) is 0 Å². The number of aromatic nitrogens is 1. The summed E-state index contributed by atoms with van der Waals surface area (Å²) in [6.07, 6.45) is 0. The third kappa shape index (κ3) is 1.90. The van der Waals surface area contributed by atoms with Crippen LogP contribution in [0.15, 0.2) is 24.3 Å². The molecule has 1 aromatic carbocycles. The molecule has 0 radical (unpaired) electrons. The molecule has 0 aliphatic rings. The number of anilines is 2. The number of aryl methyl sites for hydroxylation is 2. The van der Waals surface area contributed by atoms with Gasteiger partial charge in [0.15, 0.2) is 0 Å². The van der Waals surface area contributed by atoms with E-state index in [2.05, 4.69) is 15.8 Å². The second-order valence-corrected chi connectivity index (χ2v) is 4.30. The van der Waals surface area contributed by atoms with E-state index in [0.29, 0.717) is 5.56 Å². The quantitative estimate of drug-likeness (QED) is 0.858. The predicted octanol–water partition coefficient (Wildman–Crippen LogP) is 3.38. The zero-order chi connectivity index (χ0) is 11.5. The Bertz CT molecular complexity index is 552. The van der Waals surface area contributed by atoms with E-state index in [0.717, 1.165) is 21.9 Å². The molecule has 1 aromatic heterocycles. The van der Waals surface area contributed by atoms with Gasteiger partial charge in [0.2, 0.25) is 0 Å². The summed E-state index contributed by atoms with van der Waals surface area (Å²) in [6, 6.07) is 10.1. The number of rotatable bonds is 2. The fourth-order valence-electron chi connectivity index (χ4n) is 1.42. The van der Waals surface area contributed by atoms with Gasteiger partial charge in [-0.25, -0.2) is 0 Å². The van der Waals surface area contributed by atoms with Gasteiger partial charge < -0.3 is 5.32 Å². The number of nitrogens with zero attached hydrogens (tertiary/aromatic N) is 2. The Balaban J connectivity index is 2.35. The highest BCUT2D eigenvalue weighted by molar-refractivity contribution is 7.10. The summed E-state index contributed by atoms with van der Waals surface area (Å²) in [5, 5.41) is 13.1. The first-order valence-corrected chi connectivity index (χ1v) is 5.68. The lowest BCUT2D eigenvalue weighted by atomic mass is 10.2. The minimum absolute atomic E-state index is 0.633. The van der Waals surface area contributed by atoms with E-state index in [1.165, 1.54) is 11.5 Å². The summed E-state index contributed by atoms with van der Waals surface area (Å²) in [6.45, 7) is 3.88. The van der Waals surface area contributed by atoms with Crippen molar-refractivity contribution in [3.05, 3.63) is 41.1 Å². The Labute approximate surface area is 98.5 Å². The van der Waals surface area contributed by atoms with E-state index in [-0.39, 0.29) is 0 Å². The van der Waals surface area contributed by atoms with E-state index < -0.39 is 0 Å². The molecule has 0 fully saturated rings. The third-order valence-electron chi connectivity index (χ3n) is 2.37. The third-order valence-corrected chi connectivity index (χ3v) is 3.22. The minimum atomic E-state index is 0.633. The second-order valence-electron chi connectivity index (χ2n) is 3.52. The van der Waals surface area contributed by atoms with Crippen LogP contribution in [0.3, 0.4) is 0 Å². The Morgan fingerprint density at radius 1 is 1.31 bits per heavy atom. The maximum atomic E-state index is 9.01. The van der Waals surface area contributed by atoms with Crippen molar-refractivity contribution in [1.29, 1.82) is 5.26 Å². The van der Waals surface area contributed by atoms with Crippen molar-refractivity contribution in [2.24, 2.45) is 0 Å². The maximum Gasteiger partial charge on any atom is 0.132 e. The highest BCUT2D eigenvalue weighted by Crippen LogP contribution is 2.28. The normalized spacial score (nSPS) is 9.81. The lowest BCUT2D eigenvalue weighted by Crippen LogP contribution is -1.92. The number of nitrogens with one attached hydrogen (secondary N) is 1. The molecule has 16 heavy (non-hydrogen) atoms. The first-order chi connectivity index (χ1) is 7.72. The van der Waals surface area contributed by atoms with Gasteiger partial charge in [0.05, 0.1) is 5.69 Å². The zero-order valence-corrected chi connectivity index (χ0v) is 9.93. The SMILES string of the molecule is Cc1ccccc1Nc1snc(C)c1C#N. The summed E-state index contributed by atoms with van der Waals surface area (Å²) >= 11 is 1.32. The van der Waals surface area contributed by atoms with Gasteiger partial charge in [-0.2, -0.15) is 9.64 Å². The Morgan fingerprint density at radius 3 is 2.75 bits per heavy atom. The van der Waals surface area contributed by atoms with E-state index in [1.54, 1.807) is 0 Å². The van der Waals surface area contributed by atoms with Crippen LogP contribution in [0, 0.1) is 25.2 Å². The van der Waals surface area contributed by atoms with Crippen molar-refractivity contribution in [2.45, 2.75) is 13.8 Å². The molecule has 3 nitrogen and oxygen atoms in total. The van der Waals surface area contributed by atoms with Gasteiger partial charge in [0.25, 0.3) is 0 Å². The molecule has 0 aliphatic heterocycles. The predicted molar refractivity (Wildman–Crippen MR) is 66.0 cm³/mol. The van der Waals surface area contributed by atoms with Crippen LogP contribution in [0.4, 0.5) is 10.7 Å². The van der Waals surface area contributed by atoms with Crippen molar-refractivity contribution in [1.82, 2.24) is 4.37 Å². The first kappa shape index (κ1) is 10.7. The molecule has 0 spiro atoms. The molecule has 0 saturated carbocycles. The molecule has 0 aliphatic carbocycles.